The Morgan fingerprint density at radius 3 is 2.79 bits per heavy atom. The van der Waals surface area contributed by atoms with E-state index in [1.807, 2.05) is 0 Å². The molecule has 72 valence electrons. The monoisotopic (exact) mass is 193 g/mol. The maximum Gasteiger partial charge on any atom is 0.181 e. The quantitative estimate of drug-likeness (QED) is 0.743. The number of hydrogen-bond donors (Lipinski definition) is 1. The lowest BCUT2D eigenvalue weighted by Gasteiger charge is -1.97. The molecule has 1 heterocycles. The van der Waals surface area contributed by atoms with Gasteiger partial charge in [-0.2, -0.15) is 5.10 Å². The van der Waals surface area contributed by atoms with E-state index < -0.39 is 5.82 Å². The molecule has 0 radical (unpaired) electrons. The summed E-state index contributed by atoms with van der Waals surface area (Å²) in [5, 5.41) is 13.0. The van der Waals surface area contributed by atoms with Crippen molar-refractivity contribution in [1.82, 2.24) is 14.8 Å². The van der Waals surface area contributed by atoms with E-state index in [1.165, 1.54) is 23.1 Å². The van der Waals surface area contributed by atoms with E-state index in [4.69, 9.17) is 5.11 Å². The molecule has 0 fully saturated rings. The Hall–Kier alpha value is -1.91. The molecular formula is C9H8FN3O. The Labute approximate surface area is 79.6 Å². The maximum atomic E-state index is 13.0. The molecule has 1 aromatic heterocycles. The van der Waals surface area contributed by atoms with Crippen molar-refractivity contribution in [2.45, 2.75) is 0 Å². The number of phenols is 1. The van der Waals surface area contributed by atoms with Gasteiger partial charge >= 0.3 is 0 Å². The van der Waals surface area contributed by atoms with Gasteiger partial charge in [0.15, 0.2) is 17.4 Å². The van der Waals surface area contributed by atoms with Crippen molar-refractivity contribution >= 4 is 0 Å². The highest BCUT2D eigenvalue weighted by molar-refractivity contribution is 5.55. The van der Waals surface area contributed by atoms with Crippen LogP contribution in [0.2, 0.25) is 0 Å². The first kappa shape index (κ1) is 8.68. The van der Waals surface area contributed by atoms with Crippen LogP contribution in [0.1, 0.15) is 0 Å². The Kier molecular flexibility index (Phi) is 1.92. The standard InChI is InChI=1S/C9H8FN3O/c1-13-5-11-9(12-13)6-2-3-8(14)7(10)4-6/h2-5,14H,1H3. The Bertz CT molecular complexity index is 467. The maximum absolute atomic E-state index is 13.0. The topological polar surface area (TPSA) is 50.9 Å². The van der Waals surface area contributed by atoms with Crippen molar-refractivity contribution in [2.75, 3.05) is 0 Å². The zero-order chi connectivity index (χ0) is 10.1. The van der Waals surface area contributed by atoms with Crippen LogP contribution < -0.4 is 0 Å². The van der Waals surface area contributed by atoms with Crippen LogP contribution in [0.3, 0.4) is 0 Å². The molecule has 0 unspecified atom stereocenters. The average Bonchev–Trinajstić information content (AvgIpc) is 2.57. The minimum Gasteiger partial charge on any atom is -0.505 e. The third kappa shape index (κ3) is 1.44. The minimum absolute atomic E-state index is 0.371. The summed E-state index contributed by atoms with van der Waals surface area (Å²) in [7, 11) is 1.73. The van der Waals surface area contributed by atoms with Gasteiger partial charge in [-0.15, -0.1) is 0 Å². The minimum atomic E-state index is -0.671. The Morgan fingerprint density at radius 2 is 2.21 bits per heavy atom. The zero-order valence-electron chi connectivity index (χ0n) is 7.48. The van der Waals surface area contributed by atoms with Crippen molar-refractivity contribution in [3.05, 3.63) is 30.3 Å². The third-order valence-corrected chi connectivity index (χ3v) is 1.81. The van der Waals surface area contributed by atoms with Crippen LogP contribution in [0.5, 0.6) is 5.75 Å². The van der Waals surface area contributed by atoms with E-state index in [0.29, 0.717) is 11.4 Å². The molecule has 0 aliphatic rings. The van der Waals surface area contributed by atoms with Gasteiger partial charge in [0.05, 0.1) is 0 Å². The second-order valence-electron chi connectivity index (χ2n) is 2.91. The smallest absolute Gasteiger partial charge is 0.181 e. The van der Waals surface area contributed by atoms with Crippen molar-refractivity contribution in [3.8, 4) is 17.1 Å². The lowest BCUT2D eigenvalue weighted by atomic mass is 10.2. The van der Waals surface area contributed by atoms with E-state index >= 15 is 0 Å². The summed E-state index contributed by atoms with van der Waals surface area (Å²) in [6, 6.07) is 4.04. The van der Waals surface area contributed by atoms with Crippen LogP contribution in [-0.4, -0.2) is 19.9 Å². The summed E-state index contributed by atoms with van der Waals surface area (Å²) < 4.78 is 14.5. The average molecular weight is 193 g/mol. The fourth-order valence-electron chi connectivity index (χ4n) is 1.12. The summed E-state index contributed by atoms with van der Waals surface area (Å²) in [5.74, 6) is -0.606. The van der Waals surface area contributed by atoms with Gasteiger partial charge < -0.3 is 5.11 Å². The van der Waals surface area contributed by atoms with Crippen LogP contribution in [0, 0.1) is 5.82 Å². The van der Waals surface area contributed by atoms with Crippen LogP contribution in [-0.2, 0) is 7.05 Å². The molecule has 0 saturated heterocycles. The lowest BCUT2D eigenvalue weighted by Crippen LogP contribution is -1.88. The molecule has 2 rings (SSSR count). The molecule has 4 nitrogen and oxygen atoms in total. The molecule has 0 atom stereocenters. The number of phenolic OH excluding ortho intramolecular Hbond substituents is 1. The van der Waals surface area contributed by atoms with Gasteiger partial charge in [-0.05, 0) is 18.2 Å². The molecule has 0 aliphatic carbocycles. The molecule has 0 amide bonds. The number of halogens is 1. The van der Waals surface area contributed by atoms with Crippen LogP contribution in [0.15, 0.2) is 24.5 Å². The van der Waals surface area contributed by atoms with Crippen LogP contribution >= 0.6 is 0 Å². The van der Waals surface area contributed by atoms with Gasteiger partial charge in [0.25, 0.3) is 0 Å². The second kappa shape index (κ2) is 3.10. The summed E-state index contributed by atoms with van der Waals surface area (Å²) >= 11 is 0. The summed E-state index contributed by atoms with van der Waals surface area (Å²) in [6.07, 6.45) is 1.53. The zero-order valence-corrected chi connectivity index (χ0v) is 7.48. The van der Waals surface area contributed by atoms with E-state index in [2.05, 4.69) is 10.1 Å². The fraction of sp³-hybridized carbons (Fsp3) is 0.111. The molecule has 0 spiro atoms. The van der Waals surface area contributed by atoms with Crippen molar-refractivity contribution < 1.29 is 9.50 Å². The Morgan fingerprint density at radius 1 is 1.43 bits per heavy atom. The molecule has 14 heavy (non-hydrogen) atoms. The largest absolute Gasteiger partial charge is 0.505 e. The first-order valence-corrected chi connectivity index (χ1v) is 4.01. The molecular weight excluding hydrogens is 185 g/mol. The number of aryl methyl sites for hydroxylation is 1. The summed E-state index contributed by atoms with van der Waals surface area (Å²) in [6.45, 7) is 0. The predicted octanol–water partition coefficient (Wildman–Crippen LogP) is 1.33. The number of hydrogen-bond acceptors (Lipinski definition) is 3. The highest BCUT2D eigenvalue weighted by Crippen LogP contribution is 2.21. The first-order valence-electron chi connectivity index (χ1n) is 4.01. The van der Waals surface area contributed by atoms with Gasteiger partial charge in [0.2, 0.25) is 0 Å². The number of nitrogens with zero attached hydrogens (tertiary/aromatic N) is 3. The molecule has 0 bridgehead atoms. The van der Waals surface area contributed by atoms with E-state index in [0.717, 1.165) is 0 Å². The molecule has 0 saturated carbocycles. The Balaban J connectivity index is 2.47. The van der Waals surface area contributed by atoms with Gasteiger partial charge in [0, 0.05) is 12.6 Å². The molecule has 1 N–H and O–H groups in total. The summed E-state index contributed by atoms with van der Waals surface area (Å²) in [4.78, 5) is 3.96. The molecule has 5 heteroatoms. The number of aromatic nitrogens is 3. The third-order valence-electron chi connectivity index (χ3n) is 1.81. The second-order valence-corrected chi connectivity index (χ2v) is 2.91. The van der Waals surface area contributed by atoms with Gasteiger partial charge in [-0.1, -0.05) is 0 Å². The fourth-order valence-corrected chi connectivity index (χ4v) is 1.12. The van der Waals surface area contributed by atoms with Crippen molar-refractivity contribution in [1.29, 1.82) is 0 Å². The lowest BCUT2D eigenvalue weighted by molar-refractivity contribution is 0.432. The van der Waals surface area contributed by atoms with Crippen molar-refractivity contribution in [3.63, 3.8) is 0 Å². The van der Waals surface area contributed by atoms with E-state index in [-0.39, 0.29) is 5.75 Å². The van der Waals surface area contributed by atoms with Gasteiger partial charge in [-0.3, -0.25) is 4.68 Å². The highest BCUT2D eigenvalue weighted by atomic mass is 19.1. The molecule has 2 aromatic rings. The number of rotatable bonds is 1. The van der Waals surface area contributed by atoms with Crippen LogP contribution in [0.25, 0.3) is 11.4 Å². The summed E-state index contributed by atoms with van der Waals surface area (Å²) in [5.41, 5.74) is 0.543. The van der Waals surface area contributed by atoms with Gasteiger partial charge in [-0.25, -0.2) is 9.37 Å². The predicted molar refractivity (Wildman–Crippen MR) is 48.1 cm³/mol. The van der Waals surface area contributed by atoms with E-state index in [1.54, 1.807) is 13.1 Å². The van der Waals surface area contributed by atoms with E-state index in [9.17, 15) is 4.39 Å². The van der Waals surface area contributed by atoms with Gasteiger partial charge in [0.1, 0.15) is 6.33 Å². The highest BCUT2D eigenvalue weighted by Gasteiger charge is 2.06. The normalized spacial score (nSPS) is 10.4. The molecule has 1 aromatic carbocycles. The first-order chi connectivity index (χ1) is 6.66. The SMILES string of the molecule is Cn1cnc(-c2ccc(O)c(F)c2)n1. The van der Waals surface area contributed by atoms with Crippen LogP contribution in [0.4, 0.5) is 4.39 Å². The van der Waals surface area contributed by atoms with Crippen molar-refractivity contribution in [2.24, 2.45) is 7.05 Å². The number of aromatic hydroxyl groups is 1. The number of benzene rings is 1. The molecule has 0 aliphatic heterocycles.